The zero-order valence-corrected chi connectivity index (χ0v) is 15.8. The van der Waals surface area contributed by atoms with Crippen LogP contribution in [0.3, 0.4) is 0 Å². The number of carbonyl (C=O) groups excluding carboxylic acids is 1. The Morgan fingerprint density at radius 2 is 2.25 bits per heavy atom. The molecule has 24 heavy (non-hydrogen) atoms. The Balaban J connectivity index is 1.91. The highest BCUT2D eigenvalue weighted by atomic mass is 32.2. The fourth-order valence-electron chi connectivity index (χ4n) is 2.55. The number of nitrogens with zero attached hydrogens (tertiary/aromatic N) is 3. The first kappa shape index (κ1) is 19.2. The Hall–Kier alpha value is -1.13. The van der Waals surface area contributed by atoms with Crippen LogP contribution in [0.5, 0.6) is 0 Å². The summed E-state index contributed by atoms with van der Waals surface area (Å²) in [4.78, 5) is 12.0. The fraction of sp³-hybridized carbons (Fsp3) is 0.786. The monoisotopic (exact) mass is 376 g/mol. The van der Waals surface area contributed by atoms with Crippen molar-refractivity contribution >= 4 is 27.5 Å². The molecule has 1 aromatic heterocycles. The van der Waals surface area contributed by atoms with Crippen molar-refractivity contribution in [2.75, 3.05) is 31.8 Å². The van der Waals surface area contributed by atoms with E-state index in [0.29, 0.717) is 31.1 Å². The summed E-state index contributed by atoms with van der Waals surface area (Å²) in [6.45, 7) is 2.76. The summed E-state index contributed by atoms with van der Waals surface area (Å²) in [5.41, 5.74) is 0. The molecule has 1 aliphatic rings. The van der Waals surface area contributed by atoms with E-state index >= 15 is 0 Å². The number of hydrogen-bond donors (Lipinski definition) is 1. The number of sulfone groups is 1. The summed E-state index contributed by atoms with van der Waals surface area (Å²) in [6.07, 6.45) is 1.27. The molecule has 2 atom stereocenters. The molecule has 0 aromatic carbocycles. The van der Waals surface area contributed by atoms with Crippen molar-refractivity contribution in [1.82, 2.24) is 20.1 Å². The summed E-state index contributed by atoms with van der Waals surface area (Å²) < 4.78 is 29.8. The molecule has 0 bridgehead atoms. The molecule has 0 saturated carbocycles. The van der Waals surface area contributed by atoms with Crippen LogP contribution in [-0.2, 0) is 32.8 Å². The maximum Gasteiger partial charge on any atom is 0.233 e. The van der Waals surface area contributed by atoms with Gasteiger partial charge < -0.3 is 14.6 Å². The van der Waals surface area contributed by atoms with Crippen molar-refractivity contribution in [3.8, 4) is 0 Å². The molecule has 8 nitrogen and oxygen atoms in total. The van der Waals surface area contributed by atoms with Crippen LogP contribution in [0.4, 0.5) is 0 Å². The van der Waals surface area contributed by atoms with E-state index in [1.165, 1.54) is 11.8 Å². The van der Waals surface area contributed by atoms with Gasteiger partial charge in [0.15, 0.2) is 15.0 Å². The van der Waals surface area contributed by atoms with Crippen molar-refractivity contribution in [1.29, 1.82) is 0 Å². The number of methoxy groups -OCH3 is 1. The summed E-state index contributed by atoms with van der Waals surface area (Å²) >= 11 is 1.33. The van der Waals surface area contributed by atoms with Crippen LogP contribution in [-0.4, -0.2) is 66.1 Å². The predicted molar refractivity (Wildman–Crippen MR) is 91.7 cm³/mol. The minimum Gasteiger partial charge on any atom is -0.383 e. The molecule has 1 fully saturated rings. The molecule has 0 unspecified atom stereocenters. The largest absolute Gasteiger partial charge is 0.383 e. The summed E-state index contributed by atoms with van der Waals surface area (Å²) in [7, 11) is 0.539. The van der Waals surface area contributed by atoms with Crippen LogP contribution >= 0.6 is 11.8 Å². The highest BCUT2D eigenvalue weighted by Crippen LogP contribution is 2.25. The molecule has 2 heterocycles. The van der Waals surface area contributed by atoms with Gasteiger partial charge in [0.2, 0.25) is 5.91 Å². The molecule has 0 radical (unpaired) electrons. The third-order valence-electron chi connectivity index (χ3n) is 3.98. The van der Waals surface area contributed by atoms with Gasteiger partial charge in [0.25, 0.3) is 0 Å². The average molecular weight is 377 g/mol. The quantitative estimate of drug-likeness (QED) is 0.504. The molecule has 1 aromatic rings. The standard InChI is InChI=1S/C14H24N4O4S2/c1-10(13(19)15-5-6-22-3)23-14-17-16-12(18(14)2)8-11-4-7-24(20,21)9-11/h10-11H,4-9H2,1-3H3,(H,15,19)/t10-,11+/m0/s1. The van der Waals surface area contributed by atoms with Crippen LogP contribution in [0.25, 0.3) is 0 Å². The minimum absolute atomic E-state index is 0.0801. The SMILES string of the molecule is COCCNC(=O)[C@H](C)Sc1nnc(C[C@H]2CCS(=O)(=O)C2)n1C. The Morgan fingerprint density at radius 3 is 2.88 bits per heavy atom. The number of ether oxygens (including phenoxy) is 1. The Labute approximate surface area is 146 Å². The lowest BCUT2D eigenvalue weighted by atomic mass is 10.1. The molecule has 0 aliphatic carbocycles. The Morgan fingerprint density at radius 1 is 1.50 bits per heavy atom. The number of rotatable bonds is 8. The molecular formula is C14H24N4O4S2. The van der Waals surface area contributed by atoms with Crippen LogP contribution in [0.2, 0.25) is 0 Å². The molecule has 136 valence electrons. The summed E-state index contributed by atoms with van der Waals surface area (Å²) in [6, 6.07) is 0. The number of hydrogen-bond acceptors (Lipinski definition) is 7. The molecular weight excluding hydrogens is 352 g/mol. The van der Waals surface area contributed by atoms with Gasteiger partial charge in [-0.1, -0.05) is 11.8 Å². The van der Waals surface area contributed by atoms with E-state index in [0.717, 1.165) is 5.82 Å². The van der Waals surface area contributed by atoms with Crippen molar-refractivity contribution in [3.05, 3.63) is 5.82 Å². The molecule has 2 rings (SSSR count). The third-order valence-corrected chi connectivity index (χ3v) is 6.95. The summed E-state index contributed by atoms with van der Waals surface area (Å²) in [5.74, 6) is 1.26. The first-order valence-corrected chi connectivity index (χ1v) is 10.5. The van der Waals surface area contributed by atoms with Gasteiger partial charge >= 0.3 is 0 Å². The van der Waals surface area contributed by atoms with Crippen LogP contribution in [0.1, 0.15) is 19.2 Å². The lowest BCUT2D eigenvalue weighted by Crippen LogP contribution is -2.33. The van der Waals surface area contributed by atoms with Gasteiger partial charge in [0, 0.05) is 27.1 Å². The first-order valence-electron chi connectivity index (χ1n) is 7.84. The van der Waals surface area contributed by atoms with Crippen LogP contribution in [0, 0.1) is 5.92 Å². The van der Waals surface area contributed by atoms with Gasteiger partial charge in [-0.15, -0.1) is 10.2 Å². The van der Waals surface area contributed by atoms with E-state index in [1.807, 2.05) is 18.5 Å². The maximum atomic E-state index is 12.0. The number of thioether (sulfide) groups is 1. The van der Waals surface area contributed by atoms with E-state index in [2.05, 4.69) is 15.5 Å². The van der Waals surface area contributed by atoms with Gasteiger partial charge in [0.05, 0.1) is 23.4 Å². The molecule has 1 amide bonds. The molecule has 1 N–H and O–H groups in total. The predicted octanol–water partition coefficient (Wildman–Crippen LogP) is 0.0355. The molecule has 1 aliphatic heterocycles. The number of nitrogens with one attached hydrogen (secondary N) is 1. The topological polar surface area (TPSA) is 103 Å². The van der Waals surface area contributed by atoms with Gasteiger partial charge in [-0.3, -0.25) is 4.79 Å². The zero-order chi connectivity index (χ0) is 17.7. The zero-order valence-electron chi connectivity index (χ0n) is 14.2. The second-order valence-electron chi connectivity index (χ2n) is 5.97. The van der Waals surface area contributed by atoms with E-state index in [1.54, 1.807) is 7.11 Å². The normalized spacial score (nSPS) is 20.9. The molecule has 0 spiro atoms. The van der Waals surface area contributed by atoms with Crippen molar-refractivity contribution in [3.63, 3.8) is 0 Å². The number of carbonyl (C=O) groups is 1. The van der Waals surface area contributed by atoms with Crippen molar-refractivity contribution in [2.24, 2.45) is 13.0 Å². The van der Waals surface area contributed by atoms with Gasteiger partial charge in [-0.05, 0) is 19.3 Å². The smallest absolute Gasteiger partial charge is 0.233 e. The van der Waals surface area contributed by atoms with E-state index in [-0.39, 0.29) is 28.6 Å². The molecule has 1 saturated heterocycles. The second-order valence-corrected chi connectivity index (χ2v) is 9.51. The highest BCUT2D eigenvalue weighted by Gasteiger charge is 2.29. The second kappa shape index (κ2) is 8.30. The van der Waals surface area contributed by atoms with Crippen molar-refractivity contribution in [2.45, 2.75) is 30.2 Å². The van der Waals surface area contributed by atoms with E-state index in [4.69, 9.17) is 4.74 Å². The van der Waals surface area contributed by atoms with Crippen LogP contribution < -0.4 is 5.32 Å². The van der Waals surface area contributed by atoms with Crippen LogP contribution in [0.15, 0.2) is 5.16 Å². The fourth-order valence-corrected chi connectivity index (χ4v) is 5.27. The van der Waals surface area contributed by atoms with Gasteiger partial charge in [-0.2, -0.15) is 0 Å². The molecule has 10 heteroatoms. The lowest BCUT2D eigenvalue weighted by Gasteiger charge is -2.12. The van der Waals surface area contributed by atoms with Crippen molar-refractivity contribution < 1.29 is 17.9 Å². The number of amides is 1. The Bertz CT molecular complexity index is 674. The van der Waals surface area contributed by atoms with Gasteiger partial charge in [0.1, 0.15) is 5.82 Å². The summed E-state index contributed by atoms with van der Waals surface area (Å²) in [5, 5.41) is 11.4. The van der Waals surface area contributed by atoms with E-state index < -0.39 is 9.84 Å². The lowest BCUT2D eigenvalue weighted by molar-refractivity contribution is -0.120. The van der Waals surface area contributed by atoms with E-state index in [9.17, 15) is 13.2 Å². The average Bonchev–Trinajstić information content (AvgIpc) is 3.03. The first-order chi connectivity index (χ1) is 11.3. The minimum atomic E-state index is -2.89. The third kappa shape index (κ3) is 5.18. The maximum absolute atomic E-state index is 12.0. The Kier molecular flexibility index (Phi) is 6.64. The number of aromatic nitrogens is 3. The van der Waals surface area contributed by atoms with Gasteiger partial charge in [-0.25, -0.2) is 8.42 Å². The highest BCUT2D eigenvalue weighted by molar-refractivity contribution is 8.00.